The van der Waals surface area contributed by atoms with Crippen molar-refractivity contribution in [3.63, 3.8) is 0 Å². The summed E-state index contributed by atoms with van der Waals surface area (Å²) in [5, 5.41) is 23.8. The highest BCUT2D eigenvalue weighted by molar-refractivity contribution is 6.74. The molecule has 9 nitrogen and oxygen atoms in total. The minimum Gasteiger partial charge on any atom is -0.504 e. The molecule has 8 atom stereocenters. The van der Waals surface area contributed by atoms with Crippen molar-refractivity contribution < 1.29 is 43.1 Å². The second-order valence-corrected chi connectivity index (χ2v) is 19.0. The molecule has 2 saturated heterocycles. The van der Waals surface area contributed by atoms with E-state index in [9.17, 15) is 15.0 Å². The molecule has 10 heteroatoms. The SMILES string of the molecule is CO/C=C1/C(=O)O[C@H](COC)[C@]2(C)C3=C(C(O)[C@H](O)[C@@H]12)[C@@H]1CCC2(OCCO2)[C@@]1(C)C[C@H]3O[Si](C)(C)C(C)(C)C. The van der Waals surface area contributed by atoms with Gasteiger partial charge in [-0.2, -0.15) is 0 Å². The highest BCUT2D eigenvalue weighted by Crippen LogP contribution is 2.68. The van der Waals surface area contributed by atoms with Crippen molar-refractivity contribution in [3.8, 4) is 0 Å². The lowest BCUT2D eigenvalue weighted by molar-refractivity contribution is -0.235. The summed E-state index contributed by atoms with van der Waals surface area (Å²) in [5.41, 5.74) is 0.529. The van der Waals surface area contributed by atoms with E-state index in [0.717, 1.165) is 17.6 Å². The van der Waals surface area contributed by atoms with Gasteiger partial charge in [0.1, 0.15) is 12.2 Å². The number of hydrogen-bond donors (Lipinski definition) is 2. The smallest absolute Gasteiger partial charge is 0.337 e. The molecule has 1 spiro atoms. The lowest BCUT2D eigenvalue weighted by Gasteiger charge is -2.61. The fraction of sp³-hybridized carbons (Fsp3) is 0.833. The Morgan fingerprint density at radius 3 is 2.35 bits per heavy atom. The van der Waals surface area contributed by atoms with Gasteiger partial charge in [-0.05, 0) is 48.0 Å². The molecule has 0 aromatic carbocycles. The molecule has 2 aliphatic heterocycles. The zero-order valence-electron chi connectivity index (χ0n) is 25.5. The predicted molar refractivity (Wildman–Crippen MR) is 150 cm³/mol. The van der Waals surface area contributed by atoms with Gasteiger partial charge in [0.15, 0.2) is 14.1 Å². The highest BCUT2D eigenvalue weighted by Gasteiger charge is 2.71. The monoisotopic (exact) mass is 580 g/mol. The number of fused-ring (bicyclic) bond motifs is 5. The van der Waals surface area contributed by atoms with E-state index in [0.29, 0.717) is 26.1 Å². The number of carbonyl (C=O) groups excluding carboxylic acids is 1. The minimum atomic E-state index is -2.35. The highest BCUT2D eigenvalue weighted by atomic mass is 28.4. The van der Waals surface area contributed by atoms with E-state index in [-0.39, 0.29) is 23.1 Å². The third-order valence-electron chi connectivity index (χ3n) is 11.3. The van der Waals surface area contributed by atoms with Crippen LogP contribution in [0.5, 0.6) is 0 Å². The van der Waals surface area contributed by atoms with Gasteiger partial charge in [-0.15, -0.1) is 0 Å². The van der Waals surface area contributed by atoms with E-state index in [2.05, 4.69) is 40.8 Å². The summed E-state index contributed by atoms with van der Waals surface area (Å²) >= 11 is 0. The second-order valence-electron chi connectivity index (χ2n) is 14.3. The average Bonchev–Trinajstić information content (AvgIpc) is 3.45. The summed E-state index contributed by atoms with van der Waals surface area (Å²) < 4.78 is 36.9. The molecule has 3 fully saturated rings. The van der Waals surface area contributed by atoms with Gasteiger partial charge in [0.05, 0.1) is 51.0 Å². The molecule has 3 aliphatic carbocycles. The zero-order valence-corrected chi connectivity index (χ0v) is 26.5. The van der Waals surface area contributed by atoms with Crippen molar-refractivity contribution in [2.45, 2.75) is 102 Å². The Balaban J connectivity index is 1.77. The Bertz CT molecular complexity index is 1090. The summed E-state index contributed by atoms with van der Waals surface area (Å²) in [6.07, 6.45) is -0.129. The number of carbonyl (C=O) groups is 1. The molecule has 0 aromatic heterocycles. The van der Waals surface area contributed by atoms with Crippen LogP contribution in [0, 0.1) is 22.7 Å². The molecular weight excluding hydrogens is 532 g/mol. The van der Waals surface area contributed by atoms with Gasteiger partial charge in [0.2, 0.25) is 0 Å². The Morgan fingerprint density at radius 1 is 1.12 bits per heavy atom. The predicted octanol–water partition coefficient (Wildman–Crippen LogP) is 3.70. The van der Waals surface area contributed by atoms with Crippen LogP contribution in [0.4, 0.5) is 0 Å². The topological polar surface area (TPSA) is 113 Å². The van der Waals surface area contributed by atoms with Crippen LogP contribution in [0.25, 0.3) is 0 Å². The van der Waals surface area contributed by atoms with Crippen LogP contribution in [0.3, 0.4) is 0 Å². The molecule has 0 bridgehead atoms. The lowest BCUT2D eigenvalue weighted by atomic mass is 9.49. The lowest BCUT2D eigenvalue weighted by Crippen LogP contribution is -2.66. The first-order chi connectivity index (χ1) is 18.6. The van der Waals surface area contributed by atoms with Gasteiger partial charge in [0, 0.05) is 30.3 Å². The molecule has 0 amide bonds. The summed E-state index contributed by atoms with van der Waals surface area (Å²) in [6.45, 7) is 16.5. The Morgan fingerprint density at radius 2 is 1.77 bits per heavy atom. The van der Waals surface area contributed by atoms with Crippen LogP contribution in [-0.4, -0.2) is 88.7 Å². The van der Waals surface area contributed by atoms with Gasteiger partial charge in [0.25, 0.3) is 0 Å². The Hall–Kier alpha value is -1.27. The van der Waals surface area contributed by atoms with Crippen LogP contribution < -0.4 is 0 Å². The van der Waals surface area contributed by atoms with Crippen LogP contribution in [0.1, 0.15) is 53.9 Å². The molecule has 2 N–H and O–H groups in total. The molecular formula is C30H48O9Si. The maximum absolute atomic E-state index is 13.2. The van der Waals surface area contributed by atoms with Crippen molar-refractivity contribution in [2.75, 3.05) is 34.0 Å². The van der Waals surface area contributed by atoms with Gasteiger partial charge in [-0.1, -0.05) is 34.6 Å². The maximum atomic E-state index is 13.2. The number of cyclic esters (lactones) is 1. The van der Waals surface area contributed by atoms with Crippen LogP contribution >= 0.6 is 0 Å². The standard InChI is InChI=1S/C30H48O9Si/c1-27(2,3)40(8,9)39-19-14-28(4)18(10-11-30(28)36-12-13-37-30)21-23(19)29(5)20(16-35-7)38-26(33)17(15-34-6)22(29)25(32)24(21)31/h15,18-20,22,24-25,31-32H,10-14,16H2,1-9H3/b17-15+/t18-,19+,20+,22+,24?,25+,28-,29-/m0/s1. The Labute approximate surface area is 239 Å². The van der Waals surface area contributed by atoms with E-state index in [1.165, 1.54) is 13.4 Å². The van der Waals surface area contributed by atoms with E-state index in [1.807, 2.05) is 6.92 Å². The van der Waals surface area contributed by atoms with Crippen LogP contribution in [0.2, 0.25) is 18.1 Å². The summed E-state index contributed by atoms with van der Waals surface area (Å²) in [5.74, 6) is -2.21. The van der Waals surface area contributed by atoms with Crippen LogP contribution in [0.15, 0.2) is 23.0 Å². The third kappa shape index (κ3) is 4.04. The number of hydrogen-bond acceptors (Lipinski definition) is 9. The van der Waals surface area contributed by atoms with Crippen molar-refractivity contribution >= 4 is 14.3 Å². The first-order valence-electron chi connectivity index (χ1n) is 14.6. The summed E-state index contributed by atoms with van der Waals surface area (Å²) in [7, 11) is 0.689. The fourth-order valence-corrected chi connectivity index (χ4v) is 9.54. The van der Waals surface area contributed by atoms with Crippen molar-refractivity contribution in [1.29, 1.82) is 0 Å². The molecule has 0 aromatic rings. The number of aliphatic hydroxyl groups is 2. The van der Waals surface area contributed by atoms with E-state index in [4.69, 9.17) is 28.1 Å². The zero-order chi connectivity index (χ0) is 29.5. The molecule has 1 saturated carbocycles. The van der Waals surface area contributed by atoms with E-state index >= 15 is 0 Å². The van der Waals surface area contributed by atoms with Crippen molar-refractivity contribution in [2.24, 2.45) is 22.7 Å². The third-order valence-corrected chi connectivity index (χ3v) is 15.8. The second kappa shape index (κ2) is 9.89. The normalized spacial score (nSPS) is 42.1. The van der Waals surface area contributed by atoms with Crippen LogP contribution in [-0.2, 0) is 32.9 Å². The fourth-order valence-electron chi connectivity index (χ4n) is 8.27. The first-order valence-corrected chi connectivity index (χ1v) is 17.5. The largest absolute Gasteiger partial charge is 0.504 e. The number of aliphatic hydroxyl groups excluding tert-OH is 2. The number of ether oxygens (including phenoxy) is 5. The van der Waals surface area contributed by atoms with Crippen molar-refractivity contribution in [3.05, 3.63) is 23.0 Å². The van der Waals surface area contributed by atoms with Gasteiger partial charge >= 0.3 is 5.97 Å². The first kappa shape index (κ1) is 30.2. The van der Waals surface area contributed by atoms with Crippen molar-refractivity contribution in [1.82, 2.24) is 0 Å². The quantitative estimate of drug-likeness (QED) is 0.165. The van der Waals surface area contributed by atoms with Gasteiger partial charge < -0.3 is 38.3 Å². The molecule has 0 radical (unpaired) electrons. The number of esters is 1. The minimum absolute atomic E-state index is 0.0711. The molecule has 2 heterocycles. The molecule has 40 heavy (non-hydrogen) atoms. The molecule has 226 valence electrons. The number of rotatable bonds is 5. The Kier molecular flexibility index (Phi) is 7.47. The molecule has 5 rings (SSSR count). The van der Waals surface area contributed by atoms with Gasteiger partial charge in [-0.25, -0.2) is 4.79 Å². The summed E-state index contributed by atoms with van der Waals surface area (Å²) in [4.78, 5) is 13.2. The van der Waals surface area contributed by atoms with E-state index < -0.39 is 61.2 Å². The molecule has 5 aliphatic rings. The van der Waals surface area contributed by atoms with E-state index in [1.54, 1.807) is 7.11 Å². The molecule has 1 unspecified atom stereocenters. The maximum Gasteiger partial charge on any atom is 0.337 e. The average molecular weight is 581 g/mol. The number of methoxy groups -OCH3 is 2. The van der Waals surface area contributed by atoms with Gasteiger partial charge in [-0.3, -0.25) is 0 Å². The summed E-state index contributed by atoms with van der Waals surface area (Å²) in [6, 6.07) is 0.